The van der Waals surface area contributed by atoms with E-state index in [2.05, 4.69) is 10.3 Å². The van der Waals surface area contributed by atoms with Crippen LogP contribution in [0, 0.1) is 0 Å². The largest absolute Gasteiger partial charge is 0.389 e. The first-order valence-electron chi connectivity index (χ1n) is 7.14. The highest BCUT2D eigenvalue weighted by atomic mass is 16.3. The molecule has 2 rings (SSSR count). The molecule has 0 aliphatic heterocycles. The van der Waals surface area contributed by atoms with E-state index in [1.54, 1.807) is 6.20 Å². The molecule has 110 valence electrons. The number of hydrogen-bond acceptors (Lipinski definition) is 4. The van der Waals surface area contributed by atoms with Gasteiger partial charge in [-0.3, -0.25) is 4.79 Å². The summed E-state index contributed by atoms with van der Waals surface area (Å²) in [6.07, 6.45) is 6.41. The molecule has 0 atom stereocenters. The molecular formula is C15H23N3O2. The molecule has 1 heterocycles. The SMILES string of the molecule is CN(C)c1ccc(NC(=O)CC2(O)CCCCC2)cn1. The first-order valence-corrected chi connectivity index (χ1v) is 7.14. The predicted octanol–water partition coefficient (Wildman–Crippen LogP) is 2.17. The molecule has 1 saturated carbocycles. The average Bonchev–Trinajstić information content (AvgIpc) is 2.39. The zero-order chi connectivity index (χ0) is 14.6. The Hall–Kier alpha value is -1.62. The van der Waals surface area contributed by atoms with Gasteiger partial charge < -0.3 is 15.3 Å². The molecule has 5 nitrogen and oxygen atoms in total. The number of aliphatic hydroxyl groups is 1. The smallest absolute Gasteiger partial charge is 0.227 e. The van der Waals surface area contributed by atoms with Gasteiger partial charge in [0.15, 0.2) is 0 Å². The predicted molar refractivity (Wildman–Crippen MR) is 79.8 cm³/mol. The molecule has 5 heteroatoms. The molecule has 1 fully saturated rings. The number of rotatable bonds is 4. The Kier molecular flexibility index (Phi) is 4.60. The Morgan fingerprint density at radius 2 is 2.05 bits per heavy atom. The van der Waals surface area contributed by atoms with Crippen LogP contribution in [0.1, 0.15) is 38.5 Å². The molecule has 0 unspecified atom stereocenters. The lowest BCUT2D eigenvalue weighted by atomic mass is 9.82. The summed E-state index contributed by atoms with van der Waals surface area (Å²) in [6.45, 7) is 0. The van der Waals surface area contributed by atoms with Crippen LogP contribution >= 0.6 is 0 Å². The van der Waals surface area contributed by atoms with Crippen molar-refractivity contribution < 1.29 is 9.90 Å². The monoisotopic (exact) mass is 277 g/mol. The van der Waals surface area contributed by atoms with E-state index in [0.29, 0.717) is 5.69 Å². The van der Waals surface area contributed by atoms with Gasteiger partial charge in [0.2, 0.25) is 5.91 Å². The lowest BCUT2D eigenvalue weighted by molar-refractivity contribution is -0.122. The highest BCUT2D eigenvalue weighted by Crippen LogP contribution is 2.31. The normalized spacial score (nSPS) is 17.6. The van der Waals surface area contributed by atoms with Crippen molar-refractivity contribution in [1.29, 1.82) is 0 Å². The maximum atomic E-state index is 12.0. The minimum atomic E-state index is -0.820. The molecule has 0 aromatic carbocycles. The number of aromatic nitrogens is 1. The fourth-order valence-corrected chi connectivity index (χ4v) is 2.62. The van der Waals surface area contributed by atoms with E-state index in [9.17, 15) is 9.90 Å². The summed E-state index contributed by atoms with van der Waals surface area (Å²) in [4.78, 5) is 18.1. The molecule has 20 heavy (non-hydrogen) atoms. The van der Waals surface area contributed by atoms with Gasteiger partial charge in [-0.2, -0.15) is 0 Å². The van der Waals surface area contributed by atoms with Gasteiger partial charge in [0.05, 0.1) is 23.9 Å². The van der Waals surface area contributed by atoms with Gasteiger partial charge in [0.25, 0.3) is 0 Å². The Morgan fingerprint density at radius 1 is 1.35 bits per heavy atom. The molecule has 2 N–H and O–H groups in total. The second-order valence-corrected chi connectivity index (χ2v) is 5.81. The number of anilines is 2. The lowest BCUT2D eigenvalue weighted by Crippen LogP contribution is -2.35. The molecule has 0 spiro atoms. The van der Waals surface area contributed by atoms with Gasteiger partial charge in [0.1, 0.15) is 5.82 Å². The number of carbonyl (C=O) groups excluding carboxylic acids is 1. The zero-order valence-corrected chi connectivity index (χ0v) is 12.2. The molecule has 1 aliphatic rings. The molecule has 0 radical (unpaired) electrons. The van der Waals surface area contributed by atoms with Crippen molar-refractivity contribution in [2.24, 2.45) is 0 Å². The highest BCUT2D eigenvalue weighted by molar-refractivity contribution is 5.91. The number of hydrogen-bond donors (Lipinski definition) is 2. The summed E-state index contributed by atoms with van der Waals surface area (Å²) in [6, 6.07) is 3.68. The van der Waals surface area contributed by atoms with Crippen molar-refractivity contribution in [2.45, 2.75) is 44.1 Å². The van der Waals surface area contributed by atoms with E-state index >= 15 is 0 Å². The first-order chi connectivity index (χ1) is 9.48. The number of nitrogens with one attached hydrogen (secondary N) is 1. The van der Waals surface area contributed by atoms with E-state index < -0.39 is 5.60 Å². The van der Waals surface area contributed by atoms with Crippen LogP contribution in [0.5, 0.6) is 0 Å². The van der Waals surface area contributed by atoms with Crippen LogP contribution < -0.4 is 10.2 Å². The van der Waals surface area contributed by atoms with E-state index in [4.69, 9.17) is 0 Å². The van der Waals surface area contributed by atoms with Gasteiger partial charge in [-0.25, -0.2) is 4.98 Å². The topological polar surface area (TPSA) is 65.5 Å². The maximum absolute atomic E-state index is 12.0. The van der Waals surface area contributed by atoms with E-state index in [-0.39, 0.29) is 12.3 Å². The van der Waals surface area contributed by atoms with Crippen LogP contribution in [0.15, 0.2) is 18.3 Å². The fraction of sp³-hybridized carbons (Fsp3) is 0.600. The quantitative estimate of drug-likeness (QED) is 0.885. The Balaban J connectivity index is 1.90. The summed E-state index contributed by atoms with van der Waals surface area (Å²) in [5.41, 5.74) is -0.153. The van der Waals surface area contributed by atoms with Gasteiger partial charge >= 0.3 is 0 Å². The van der Waals surface area contributed by atoms with Crippen molar-refractivity contribution in [3.8, 4) is 0 Å². The van der Waals surface area contributed by atoms with Gasteiger partial charge in [-0.05, 0) is 25.0 Å². The lowest BCUT2D eigenvalue weighted by Gasteiger charge is -2.31. The van der Waals surface area contributed by atoms with E-state index in [1.165, 1.54) is 0 Å². The standard InChI is InChI=1S/C15H23N3O2/c1-18(2)13-7-6-12(11-16-13)17-14(19)10-15(20)8-4-3-5-9-15/h6-7,11,20H,3-5,8-10H2,1-2H3,(H,17,19). The van der Waals surface area contributed by atoms with Gasteiger partial charge in [-0.15, -0.1) is 0 Å². The van der Waals surface area contributed by atoms with Crippen LogP contribution in [0.25, 0.3) is 0 Å². The van der Waals surface area contributed by atoms with Gasteiger partial charge in [-0.1, -0.05) is 19.3 Å². The minimum absolute atomic E-state index is 0.145. The molecule has 0 bridgehead atoms. The summed E-state index contributed by atoms with van der Waals surface area (Å²) in [7, 11) is 3.83. The van der Waals surface area contributed by atoms with Crippen molar-refractivity contribution in [1.82, 2.24) is 4.98 Å². The zero-order valence-electron chi connectivity index (χ0n) is 12.2. The van der Waals surface area contributed by atoms with E-state index in [0.717, 1.165) is 37.9 Å². The molecular weight excluding hydrogens is 254 g/mol. The Bertz CT molecular complexity index is 451. The third-order valence-electron chi connectivity index (χ3n) is 3.76. The van der Waals surface area contributed by atoms with Crippen molar-refractivity contribution >= 4 is 17.4 Å². The second-order valence-electron chi connectivity index (χ2n) is 5.81. The van der Waals surface area contributed by atoms with Crippen LogP contribution in [0.3, 0.4) is 0 Å². The number of amides is 1. The van der Waals surface area contributed by atoms with Crippen molar-refractivity contribution in [2.75, 3.05) is 24.3 Å². The number of carbonyl (C=O) groups is 1. The highest BCUT2D eigenvalue weighted by Gasteiger charge is 2.31. The third-order valence-corrected chi connectivity index (χ3v) is 3.76. The van der Waals surface area contributed by atoms with Crippen LogP contribution in [-0.4, -0.2) is 35.7 Å². The summed E-state index contributed by atoms with van der Waals surface area (Å²) in [5, 5.41) is 13.2. The molecule has 1 amide bonds. The maximum Gasteiger partial charge on any atom is 0.227 e. The van der Waals surface area contributed by atoms with Crippen LogP contribution in [0.4, 0.5) is 11.5 Å². The average molecular weight is 277 g/mol. The summed E-state index contributed by atoms with van der Waals surface area (Å²) >= 11 is 0. The Labute approximate surface area is 120 Å². The molecule has 1 aromatic heterocycles. The minimum Gasteiger partial charge on any atom is -0.389 e. The van der Waals surface area contributed by atoms with Crippen LogP contribution in [-0.2, 0) is 4.79 Å². The van der Waals surface area contributed by atoms with Crippen LogP contribution in [0.2, 0.25) is 0 Å². The van der Waals surface area contributed by atoms with E-state index in [1.807, 2.05) is 31.1 Å². The van der Waals surface area contributed by atoms with Crippen molar-refractivity contribution in [3.63, 3.8) is 0 Å². The molecule has 1 aliphatic carbocycles. The fourth-order valence-electron chi connectivity index (χ4n) is 2.62. The second kappa shape index (κ2) is 6.22. The summed E-state index contributed by atoms with van der Waals surface area (Å²) in [5.74, 6) is 0.697. The first kappa shape index (κ1) is 14.8. The van der Waals surface area contributed by atoms with Gasteiger partial charge in [0, 0.05) is 14.1 Å². The number of pyridine rings is 1. The molecule has 0 saturated heterocycles. The Morgan fingerprint density at radius 3 is 2.60 bits per heavy atom. The number of nitrogens with zero attached hydrogens (tertiary/aromatic N) is 2. The van der Waals surface area contributed by atoms with Crippen molar-refractivity contribution in [3.05, 3.63) is 18.3 Å². The third kappa shape index (κ3) is 3.93. The molecule has 1 aromatic rings. The summed E-state index contributed by atoms with van der Waals surface area (Å²) < 4.78 is 0.